The minimum atomic E-state index is 0.499. The van der Waals surface area contributed by atoms with Gasteiger partial charge < -0.3 is 16.0 Å². The SMILES string of the molecule is CC.NCc1ccc2c(-c3cnn4cc(-c5ccc(N6CCNCC6)cc5)cnc34)ccnc2c1. The molecule has 1 saturated heterocycles. The second kappa shape index (κ2) is 10.2. The van der Waals surface area contributed by atoms with Gasteiger partial charge in [-0.15, -0.1) is 0 Å². The molecule has 178 valence electrons. The van der Waals surface area contributed by atoms with Crippen molar-refractivity contribution in [1.82, 2.24) is 24.9 Å². The first-order valence-electron chi connectivity index (χ1n) is 12.3. The zero-order valence-corrected chi connectivity index (χ0v) is 20.3. The largest absolute Gasteiger partial charge is 0.369 e. The number of nitrogens with zero attached hydrogens (tertiary/aromatic N) is 5. The van der Waals surface area contributed by atoms with Crippen LogP contribution in [0.25, 0.3) is 38.8 Å². The van der Waals surface area contributed by atoms with Gasteiger partial charge in [0.25, 0.3) is 0 Å². The van der Waals surface area contributed by atoms with E-state index >= 15 is 0 Å². The molecule has 35 heavy (non-hydrogen) atoms. The van der Waals surface area contributed by atoms with Gasteiger partial charge in [0.05, 0.1) is 11.7 Å². The van der Waals surface area contributed by atoms with E-state index in [0.717, 1.165) is 70.5 Å². The minimum absolute atomic E-state index is 0.499. The van der Waals surface area contributed by atoms with Crippen molar-refractivity contribution in [2.75, 3.05) is 31.1 Å². The number of pyridine rings is 1. The predicted octanol–water partition coefficient (Wildman–Crippen LogP) is 4.51. The molecule has 6 rings (SSSR count). The van der Waals surface area contributed by atoms with Crippen LogP contribution in [0.2, 0.25) is 0 Å². The summed E-state index contributed by atoms with van der Waals surface area (Å²) in [7, 11) is 0. The van der Waals surface area contributed by atoms with Gasteiger partial charge in [-0.1, -0.05) is 38.1 Å². The molecule has 0 bridgehead atoms. The predicted molar refractivity (Wildman–Crippen MR) is 143 cm³/mol. The summed E-state index contributed by atoms with van der Waals surface area (Å²) in [5.41, 5.74) is 14.1. The standard InChI is InChI=1S/C26H25N7.C2H6/c27-14-18-1-6-23-22(7-8-29-25(23)13-18)24-16-31-33-17-20(15-30-26(24)33)19-2-4-21(5-3-19)32-11-9-28-10-12-32;1-2/h1-8,13,15-17,28H,9-12,14,27H2;1-2H3. The lowest BCUT2D eigenvalue weighted by Gasteiger charge is -2.29. The number of aromatic nitrogens is 4. The first kappa shape index (κ1) is 23.0. The number of benzene rings is 2. The molecule has 0 aliphatic carbocycles. The van der Waals surface area contributed by atoms with Crippen molar-refractivity contribution in [3.63, 3.8) is 0 Å². The second-order valence-electron chi connectivity index (χ2n) is 8.37. The fourth-order valence-electron chi connectivity index (χ4n) is 4.56. The topological polar surface area (TPSA) is 84.4 Å². The summed E-state index contributed by atoms with van der Waals surface area (Å²) in [6.07, 6.45) is 7.68. The molecular weight excluding hydrogens is 434 g/mol. The van der Waals surface area contributed by atoms with Gasteiger partial charge in [-0.05, 0) is 41.0 Å². The molecule has 0 amide bonds. The van der Waals surface area contributed by atoms with Crippen LogP contribution >= 0.6 is 0 Å². The molecule has 0 saturated carbocycles. The Balaban J connectivity index is 0.00000124. The fraction of sp³-hybridized carbons (Fsp3) is 0.250. The lowest BCUT2D eigenvalue weighted by atomic mass is 10.0. The van der Waals surface area contributed by atoms with E-state index in [-0.39, 0.29) is 0 Å². The Morgan fingerprint density at radius 2 is 1.69 bits per heavy atom. The molecule has 7 heteroatoms. The lowest BCUT2D eigenvalue weighted by Crippen LogP contribution is -2.43. The third kappa shape index (κ3) is 4.48. The van der Waals surface area contributed by atoms with Crippen LogP contribution in [0.1, 0.15) is 19.4 Å². The maximum atomic E-state index is 5.80. The summed E-state index contributed by atoms with van der Waals surface area (Å²) in [5, 5.41) is 9.08. The zero-order chi connectivity index (χ0) is 24.2. The number of anilines is 1. The molecule has 1 aliphatic heterocycles. The molecular formula is C28H31N7. The highest BCUT2D eigenvalue weighted by Crippen LogP contribution is 2.31. The van der Waals surface area contributed by atoms with E-state index in [0.29, 0.717) is 6.54 Å². The van der Waals surface area contributed by atoms with E-state index in [1.807, 2.05) is 55.3 Å². The van der Waals surface area contributed by atoms with E-state index in [9.17, 15) is 0 Å². The molecule has 0 spiro atoms. The highest BCUT2D eigenvalue weighted by atomic mass is 15.2. The van der Waals surface area contributed by atoms with E-state index in [2.05, 4.69) is 56.7 Å². The summed E-state index contributed by atoms with van der Waals surface area (Å²) >= 11 is 0. The number of fused-ring (bicyclic) bond motifs is 2. The summed E-state index contributed by atoms with van der Waals surface area (Å²) in [4.78, 5) is 11.7. The number of rotatable bonds is 4. The van der Waals surface area contributed by atoms with Crippen LogP contribution in [0, 0.1) is 0 Å². The van der Waals surface area contributed by atoms with Gasteiger partial charge in [-0.25, -0.2) is 9.50 Å². The van der Waals surface area contributed by atoms with Crippen molar-refractivity contribution in [2.24, 2.45) is 5.73 Å². The van der Waals surface area contributed by atoms with Gasteiger partial charge in [0.1, 0.15) is 0 Å². The first-order valence-corrected chi connectivity index (χ1v) is 12.3. The van der Waals surface area contributed by atoms with Crippen molar-refractivity contribution < 1.29 is 0 Å². The van der Waals surface area contributed by atoms with E-state index in [4.69, 9.17) is 10.7 Å². The Labute approximate surface area is 205 Å². The maximum absolute atomic E-state index is 5.80. The Kier molecular flexibility index (Phi) is 6.70. The van der Waals surface area contributed by atoms with Gasteiger partial charge in [0, 0.05) is 73.5 Å². The van der Waals surface area contributed by atoms with Crippen LogP contribution in [0.4, 0.5) is 5.69 Å². The van der Waals surface area contributed by atoms with Crippen molar-refractivity contribution >= 4 is 22.2 Å². The summed E-state index contributed by atoms with van der Waals surface area (Å²) in [6.45, 7) is 8.65. The summed E-state index contributed by atoms with van der Waals surface area (Å²) in [5.74, 6) is 0. The van der Waals surface area contributed by atoms with Gasteiger partial charge in [-0.2, -0.15) is 5.10 Å². The van der Waals surface area contributed by atoms with E-state index in [1.165, 1.54) is 5.69 Å². The third-order valence-corrected chi connectivity index (χ3v) is 6.37. The van der Waals surface area contributed by atoms with Crippen LogP contribution in [-0.2, 0) is 6.54 Å². The number of nitrogens with two attached hydrogens (primary N) is 1. The van der Waals surface area contributed by atoms with Crippen LogP contribution in [0.5, 0.6) is 0 Å². The van der Waals surface area contributed by atoms with Gasteiger partial charge in [0.2, 0.25) is 0 Å². The summed E-state index contributed by atoms with van der Waals surface area (Å²) in [6, 6.07) is 16.9. The van der Waals surface area contributed by atoms with Crippen molar-refractivity contribution in [3.05, 3.63) is 78.9 Å². The van der Waals surface area contributed by atoms with Crippen molar-refractivity contribution in [3.8, 4) is 22.3 Å². The molecule has 0 radical (unpaired) electrons. The van der Waals surface area contributed by atoms with Crippen LogP contribution < -0.4 is 16.0 Å². The molecule has 2 aromatic carbocycles. The third-order valence-electron chi connectivity index (χ3n) is 6.37. The average Bonchev–Trinajstić information content (AvgIpc) is 3.37. The highest BCUT2D eigenvalue weighted by Gasteiger charge is 2.14. The average molecular weight is 466 g/mol. The van der Waals surface area contributed by atoms with Crippen molar-refractivity contribution in [2.45, 2.75) is 20.4 Å². The molecule has 1 fully saturated rings. The van der Waals surface area contributed by atoms with Crippen LogP contribution in [0.15, 0.2) is 73.3 Å². The fourth-order valence-corrected chi connectivity index (χ4v) is 4.56. The van der Waals surface area contributed by atoms with E-state index < -0.39 is 0 Å². The Hall–Kier alpha value is -3.81. The Morgan fingerprint density at radius 3 is 2.46 bits per heavy atom. The van der Waals surface area contributed by atoms with Crippen molar-refractivity contribution in [1.29, 1.82) is 0 Å². The van der Waals surface area contributed by atoms with E-state index in [1.54, 1.807) is 0 Å². The second-order valence-corrected chi connectivity index (χ2v) is 8.37. The molecule has 3 N–H and O–H groups in total. The van der Waals surface area contributed by atoms with Crippen LogP contribution in [-0.4, -0.2) is 45.8 Å². The number of hydrogen-bond donors (Lipinski definition) is 2. The Bertz CT molecular complexity index is 1430. The number of piperazine rings is 1. The molecule has 7 nitrogen and oxygen atoms in total. The Morgan fingerprint density at radius 1 is 0.886 bits per heavy atom. The lowest BCUT2D eigenvalue weighted by molar-refractivity contribution is 0.589. The molecule has 4 heterocycles. The number of nitrogens with one attached hydrogen (secondary N) is 1. The highest BCUT2D eigenvalue weighted by molar-refractivity contribution is 5.97. The molecule has 0 unspecified atom stereocenters. The van der Waals surface area contributed by atoms with Gasteiger partial charge in [0.15, 0.2) is 5.65 Å². The summed E-state index contributed by atoms with van der Waals surface area (Å²) < 4.78 is 1.86. The first-order chi connectivity index (χ1) is 17.3. The zero-order valence-electron chi connectivity index (χ0n) is 20.3. The van der Waals surface area contributed by atoms with Crippen LogP contribution in [0.3, 0.4) is 0 Å². The molecule has 5 aromatic rings. The molecule has 3 aromatic heterocycles. The normalized spacial score (nSPS) is 13.6. The van der Waals surface area contributed by atoms with Gasteiger partial charge in [-0.3, -0.25) is 4.98 Å². The molecule has 1 aliphatic rings. The molecule has 0 atom stereocenters. The smallest absolute Gasteiger partial charge is 0.162 e. The minimum Gasteiger partial charge on any atom is -0.369 e. The monoisotopic (exact) mass is 465 g/mol. The quantitative estimate of drug-likeness (QED) is 0.406. The van der Waals surface area contributed by atoms with Gasteiger partial charge >= 0.3 is 0 Å². The maximum Gasteiger partial charge on any atom is 0.162 e. The number of hydrogen-bond acceptors (Lipinski definition) is 6.